The number of aliphatic carboxylic acids is 1. The zero-order chi connectivity index (χ0) is 13.1. The number of ether oxygens (including phenoxy) is 1. The lowest BCUT2D eigenvalue weighted by atomic mass is 10.1. The number of carboxylic acid groups (broad SMARTS) is 1. The van der Waals surface area contributed by atoms with Gasteiger partial charge in [0.25, 0.3) is 0 Å². The molecule has 92 valence electrons. The molecule has 0 aliphatic carbocycles. The molecule has 0 aliphatic rings. The van der Waals surface area contributed by atoms with E-state index in [1.807, 2.05) is 12.1 Å². The topological polar surface area (TPSA) is 76.5 Å². The number of nitrogens with zero attached hydrogens (tertiary/aromatic N) is 1. The molecule has 1 N–H and O–H groups in total. The van der Waals surface area contributed by atoms with Crippen LogP contribution in [-0.2, 0) is 4.79 Å². The number of ketones is 1. The molecule has 1 aromatic carbocycles. The van der Waals surface area contributed by atoms with Gasteiger partial charge in [-0.05, 0) is 12.1 Å². The molecule has 2 rings (SSSR count). The summed E-state index contributed by atoms with van der Waals surface area (Å²) in [5.74, 6) is -1.20. The first-order valence-corrected chi connectivity index (χ1v) is 5.30. The van der Waals surface area contributed by atoms with Crippen LogP contribution in [0.5, 0.6) is 5.75 Å². The van der Waals surface area contributed by atoms with E-state index < -0.39 is 18.2 Å². The fraction of sp³-hybridized carbons (Fsp3) is 0.154. The Morgan fingerprint density at radius 2 is 2.06 bits per heavy atom. The van der Waals surface area contributed by atoms with Crippen LogP contribution < -0.4 is 4.74 Å². The van der Waals surface area contributed by atoms with Gasteiger partial charge in [-0.25, -0.2) is 4.98 Å². The highest BCUT2D eigenvalue weighted by Crippen LogP contribution is 2.25. The smallest absolute Gasteiger partial charge is 0.311 e. The van der Waals surface area contributed by atoms with Gasteiger partial charge in [-0.3, -0.25) is 9.59 Å². The summed E-state index contributed by atoms with van der Waals surface area (Å²) in [4.78, 5) is 26.3. The minimum atomic E-state index is -1.17. The van der Waals surface area contributed by atoms with Gasteiger partial charge in [0.15, 0.2) is 5.78 Å². The van der Waals surface area contributed by atoms with Crippen molar-refractivity contribution in [3.05, 3.63) is 36.0 Å². The van der Waals surface area contributed by atoms with Crippen LogP contribution >= 0.6 is 0 Å². The highest BCUT2D eigenvalue weighted by Gasteiger charge is 2.15. The van der Waals surface area contributed by atoms with Gasteiger partial charge in [-0.15, -0.1) is 0 Å². The van der Waals surface area contributed by atoms with Crippen molar-refractivity contribution in [1.82, 2.24) is 4.98 Å². The lowest BCUT2D eigenvalue weighted by Crippen LogP contribution is -2.09. The first kappa shape index (κ1) is 12.0. The van der Waals surface area contributed by atoms with Crippen molar-refractivity contribution in [2.75, 3.05) is 7.11 Å². The number of carboxylic acids is 1. The van der Waals surface area contributed by atoms with Crippen LogP contribution in [0.2, 0.25) is 0 Å². The van der Waals surface area contributed by atoms with E-state index in [-0.39, 0.29) is 5.69 Å². The molecule has 5 nitrogen and oxygen atoms in total. The Hall–Kier alpha value is -2.43. The van der Waals surface area contributed by atoms with E-state index in [9.17, 15) is 9.59 Å². The third-order valence-electron chi connectivity index (χ3n) is 2.50. The maximum atomic E-state index is 11.7. The Balaban J connectivity index is 2.53. The number of fused-ring (bicyclic) bond motifs is 1. The zero-order valence-electron chi connectivity index (χ0n) is 9.71. The van der Waals surface area contributed by atoms with Crippen molar-refractivity contribution in [3.63, 3.8) is 0 Å². The Morgan fingerprint density at radius 1 is 1.33 bits per heavy atom. The second-order valence-corrected chi connectivity index (χ2v) is 3.72. The van der Waals surface area contributed by atoms with Gasteiger partial charge in [0.05, 0.1) is 12.6 Å². The normalized spacial score (nSPS) is 10.3. The van der Waals surface area contributed by atoms with Crippen molar-refractivity contribution in [2.45, 2.75) is 6.42 Å². The molecular weight excluding hydrogens is 234 g/mol. The number of aromatic nitrogens is 1. The van der Waals surface area contributed by atoms with Crippen LogP contribution in [-0.4, -0.2) is 29.0 Å². The van der Waals surface area contributed by atoms with Crippen molar-refractivity contribution >= 4 is 22.7 Å². The summed E-state index contributed by atoms with van der Waals surface area (Å²) in [6.45, 7) is 0. The molecule has 5 heteroatoms. The molecule has 0 atom stereocenters. The fourth-order valence-corrected chi connectivity index (χ4v) is 1.68. The molecule has 1 aromatic heterocycles. The minimum absolute atomic E-state index is 0.105. The number of hydrogen-bond donors (Lipinski definition) is 1. The van der Waals surface area contributed by atoms with E-state index in [1.165, 1.54) is 13.2 Å². The Bertz CT molecular complexity index is 621. The molecule has 0 saturated carbocycles. The van der Waals surface area contributed by atoms with Gasteiger partial charge in [0.2, 0.25) is 0 Å². The quantitative estimate of drug-likeness (QED) is 0.657. The van der Waals surface area contributed by atoms with Crippen LogP contribution in [0, 0.1) is 0 Å². The summed E-state index contributed by atoms with van der Waals surface area (Å²) >= 11 is 0. The second-order valence-electron chi connectivity index (χ2n) is 3.72. The highest BCUT2D eigenvalue weighted by atomic mass is 16.5. The number of carbonyl (C=O) groups is 2. The molecule has 0 saturated heterocycles. The number of benzene rings is 1. The van der Waals surface area contributed by atoms with Gasteiger partial charge in [-0.2, -0.15) is 0 Å². The number of methoxy groups -OCH3 is 1. The van der Waals surface area contributed by atoms with E-state index in [2.05, 4.69) is 4.98 Å². The van der Waals surface area contributed by atoms with E-state index in [4.69, 9.17) is 9.84 Å². The van der Waals surface area contributed by atoms with E-state index in [0.717, 1.165) is 5.39 Å². The third-order valence-corrected chi connectivity index (χ3v) is 2.50. The molecule has 18 heavy (non-hydrogen) atoms. The molecule has 0 aliphatic heterocycles. The van der Waals surface area contributed by atoms with Crippen LogP contribution in [0.15, 0.2) is 30.3 Å². The number of pyridine rings is 1. The standard InChI is InChI=1S/C13H11NO4/c1-18-12-6-10(11(15)7-13(16)17)14-9-5-3-2-4-8(9)12/h2-6H,7H2,1H3,(H,16,17). The average Bonchev–Trinajstić information content (AvgIpc) is 2.36. The molecular formula is C13H11NO4. The SMILES string of the molecule is COc1cc(C(=O)CC(=O)O)nc2ccccc12. The van der Waals surface area contributed by atoms with Gasteiger partial charge < -0.3 is 9.84 Å². The maximum absolute atomic E-state index is 11.7. The Labute approximate surface area is 103 Å². The van der Waals surface area contributed by atoms with E-state index in [1.54, 1.807) is 12.1 Å². The molecule has 2 aromatic rings. The Kier molecular flexibility index (Phi) is 3.23. The van der Waals surface area contributed by atoms with Crippen molar-refractivity contribution < 1.29 is 19.4 Å². The maximum Gasteiger partial charge on any atom is 0.311 e. The predicted molar refractivity (Wildman–Crippen MR) is 64.9 cm³/mol. The molecule has 1 heterocycles. The molecule has 0 fully saturated rings. The van der Waals surface area contributed by atoms with Crippen molar-refractivity contribution in [3.8, 4) is 5.75 Å². The average molecular weight is 245 g/mol. The van der Waals surface area contributed by atoms with Crippen LogP contribution in [0.4, 0.5) is 0 Å². The second kappa shape index (κ2) is 4.83. The summed E-state index contributed by atoms with van der Waals surface area (Å²) in [6, 6.07) is 8.67. The summed E-state index contributed by atoms with van der Waals surface area (Å²) in [7, 11) is 1.49. The van der Waals surface area contributed by atoms with Crippen molar-refractivity contribution in [2.24, 2.45) is 0 Å². The summed E-state index contributed by atoms with van der Waals surface area (Å²) in [6.07, 6.45) is -0.575. The Morgan fingerprint density at radius 3 is 2.72 bits per heavy atom. The number of para-hydroxylation sites is 1. The fourth-order valence-electron chi connectivity index (χ4n) is 1.68. The first-order valence-electron chi connectivity index (χ1n) is 5.30. The molecule has 0 spiro atoms. The monoisotopic (exact) mass is 245 g/mol. The molecule has 0 radical (unpaired) electrons. The number of carbonyl (C=O) groups excluding carboxylic acids is 1. The lowest BCUT2D eigenvalue weighted by molar-refractivity contribution is -0.135. The molecule has 0 amide bonds. The van der Waals surface area contributed by atoms with Crippen molar-refractivity contribution in [1.29, 1.82) is 0 Å². The number of rotatable bonds is 4. The third kappa shape index (κ3) is 2.29. The summed E-state index contributed by atoms with van der Waals surface area (Å²) in [5.41, 5.74) is 0.707. The van der Waals surface area contributed by atoms with Gasteiger partial charge >= 0.3 is 5.97 Å². The first-order chi connectivity index (χ1) is 8.61. The van der Waals surface area contributed by atoms with Crippen LogP contribution in [0.3, 0.4) is 0 Å². The molecule has 0 unspecified atom stereocenters. The minimum Gasteiger partial charge on any atom is -0.496 e. The van der Waals surface area contributed by atoms with Gasteiger partial charge in [0.1, 0.15) is 17.9 Å². The zero-order valence-corrected chi connectivity index (χ0v) is 9.71. The van der Waals surface area contributed by atoms with E-state index in [0.29, 0.717) is 11.3 Å². The predicted octanol–water partition coefficient (Wildman–Crippen LogP) is 1.90. The number of hydrogen-bond acceptors (Lipinski definition) is 4. The van der Waals surface area contributed by atoms with Gasteiger partial charge in [0, 0.05) is 11.5 Å². The largest absolute Gasteiger partial charge is 0.496 e. The lowest BCUT2D eigenvalue weighted by Gasteiger charge is -2.07. The highest BCUT2D eigenvalue weighted by molar-refractivity contribution is 6.06. The van der Waals surface area contributed by atoms with Crippen LogP contribution in [0.1, 0.15) is 16.9 Å². The summed E-state index contributed by atoms with van der Waals surface area (Å²) < 4.78 is 5.18. The number of Topliss-reactive ketones (excluding diaryl/α,β-unsaturated/α-hetero) is 1. The van der Waals surface area contributed by atoms with E-state index >= 15 is 0 Å². The summed E-state index contributed by atoms with van der Waals surface area (Å²) in [5, 5.41) is 9.39. The van der Waals surface area contributed by atoms with Crippen LogP contribution in [0.25, 0.3) is 10.9 Å². The van der Waals surface area contributed by atoms with Gasteiger partial charge in [-0.1, -0.05) is 12.1 Å². The molecule has 0 bridgehead atoms.